The van der Waals surface area contributed by atoms with Crippen LogP contribution in [-0.4, -0.2) is 29.0 Å². The van der Waals surface area contributed by atoms with E-state index >= 15 is 0 Å². The SMILES string of the molecule is CCNc1cncc(C(=O)NCCC2CCC2)n1. The summed E-state index contributed by atoms with van der Waals surface area (Å²) in [6.07, 6.45) is 8.16. The van der Waals surface area contributed by atoms with E-state index in [9.17, 15) is 4.79 Å². The Morgan fingerprint density at radius 3 is 2.94 bits per heavy atom. The number of aromatic nitrogens is 2. The van der Waals surface area contributed by atoms with Crippen molar-refractivity contribution in [1.29, 1.82) is 0 Å². The number of hydrogen-bond donors (Lipinski definition) is 2. The molecule has 1 saturated carbocycles. The zero-order valence-corrected chi connectivity index (χ0v) is 10.8. The number of anilines is 1. The number of hydrogen-bond acceptors (Lipinski definition) is 4. The van der Waals surface area contributed by atoms with Crippen LogP contribution in [0.4, 0.5) is 5.82 Å². The van der Waals surface area contributed by atoms with Gasteiger partial charge >= 0.3 is 0 Å². The van der Waals surface area contributed by atoms with Crippen LogP contribution in [0.1, 0.15) is 43.1 Å². The first-order chi connectivity index (χ1) is 8.79. The zero-order valence-electron chi connectivity index (χ0n) is 10.8. The molecule has 1 heterocycles. The Labute approximate surface area is 107 Å². The van der Waals surface area contributed by atoms with Crippen LogP contribution in [0.2, 0.25) is 0 Å². The molecule has 0 unspecified atom stereocenters. The molecule has 0 radical (unpaired) electrons. The summed E-state index contributed by atoms with van der Waals surface area (Å²) in [6.45, 7) is 3.48. The smallest absolute Gasteiger partial charge is 0.271 e. The average Bonchev–Trinajstić information content (AvgIpc) is 2.33. The molecular formula is C13H20N4O. The highest BCUT2D eigenvalue weighted by molar-refractivity contribution is 5.92. The number of carbonyl (C=O) groups excluding carboxylic acids is 1. The molecular weight excluding hydrogens is 228 g/mol. The highest BCUT2D eigenvalue weighted by Crippen LogP contribution is 2.28. The lowest BCUT2D eigenvalue weighted by molar-refractivity contribution is 0.0943. The number of nitrogens with zero attached hydrogens (tertiary/aromatic N) is 2. The molecule has 1 aromatic heterocycles. The maximum Gasteiger partial charge on any atom is 0.271 e. The van der Waals surface area contributed by atoms with E-state index in [4.69, 9.17) is 0 Å². The third kappa shape index (κ3) is 3.42. The van der Waals surface area contributed by atoms with Crippen LogP contribution in [0.3, 0.4) is 0 Å². The van der Waals surface area contributed by atoms with Gasteiger partial charge in [0.15, 0.2) is 0 Å². The van der Waals surface area contributed by atoms with Gasteiger partial charge in [-0.15, -0.1) is 0 Å². The maximum absolute atomic E-state index is 11.8. The molecule has 0 aliphatic heterocycles. The molecule has 0 bridgehead atoms. The average molecular weight is 248 g/mol. The highest BCUT2D eigenvalue weighted by atomic mass is 16.1. The minimum Gasteiger partial charge on any atom is -0.369 e. The van der Waals surface area contributed by atoms with E-state index in [1.165, 1.54) is 25.5 Å². The number of amides is 1. The molecule has 5 heteroatoms. The van der Waals surface area contributed by atoms with Gasteiger partial charge in [-0.25, -0.2) is 4.98 Å². The van der Waals surface area contributed by atoms with Crippen molar-refractivity contribution in [3.63, 3.8) is 0 Å². The molecule has 18 heavy (non-hydrogen) atoms. The van der Waals surface area contributed by atoms with E-state index < -0.39 is 0 Å². The summed E-state index contributed by atoms with van der Waals surface area (Å²) in [7, 11) is 0. The normalized spacial score (nSPS) is 14.9. The van der Waals surface area contributed by atoms with Gasteiger partial charge in [-0.2, -0.15) is 0 Å². The molecule has 1 aliphatic carbocycles. The fraction of sp³-hybridized carbons (Fsp3) is 0.615. The Bertz CT molecular complexity index is 404. The lowest BCUT2D eigenvalue weighted by Crippen LogP contribution is -2.28. The molecule has 0 aromatic carbocycles. The van der Waals surface area contributed by atoms with Gasteiger partial charge in [0.2, 0.25) is 0 Å². The van der Waals surface area contributed by atoms with E-state index in [0.717, 1.165) is 25.4 Å². The van der Waals surface area contributed by atoms with Crippen molar-refractivity contribution < 1.29 is 4.79 Å². The zero-order chi connectivity index (χ0) is 12.8. The summed E-state index contributed by atoms with van der Waals surface area (Å²) in [6, 6.07) is 0. The second kappa shape index (κ2) is 6.33. The van der Waals surface area contributed by atoms with Gasteiger partial charge in [0.05, 0.1) is 12.4 Å². The van der Waals surface area contributed by atoms with Crippen molar-refractivity contribution in [2.75, 3.05) is 18.4 Å². The second-order valence-corrected chi connectivity index (χ2v) is 4.66. The third-order valence-corrected chi connectivity index (χ3v) is 3.29. The van der Waals surface area contributed by atoms with Gasteiger partial charge < -0.3 is 10.6 Å². The summed E-state index contributed by atoms with van der Waals surface area (Å²) in [5.74, 6) is 1.31. The van der Waals surface area contributed by atoms with Gasteiger partial charge in [-0.05, 0) is 19.3 Å². The van der Waals surface area contributed by atoms with Crippen molar-refractivity contribution in [1.82, 2.24) is 15.3 Å². The number of carbonyl (C=O) groups is 1. The van der Waals surface area contributed by atoms with E-state index in [1.54, 1.807) is 6.20 Å². The van der Waals surface area contributed by atoms with E-state index in [-0.39, 0.29) is 5.91 Å². The van der Waals surface area contributed by atoms with Gasteiger partial charge in [0.25, 0.3) is 5.91 Å². The van der Waals surface area contributed by atoms with Crippen LogP contribution in [0.5, 0.6) is 0 Å². The minimum atomic E-state index is -0.137. The Balaban J connectivity index is 1.81. The molecule has 0 atom stereocenters. The van der Waals surface area contributed by atoms with Crippen LogP contribution in [0.15, 0.2) is 12.4 Å². The van der Waals surface area contributed by atoms with Crippen LogP contribution in [0.25, 0.3) is 0 Å². The topological polar surface area (TPSA) is 66.9 Å². The lowest BCUT2D eigenvalue weighted by Gasteiger charge is -2.25. The summed E-state index contributed by atoms with van der Waals surface area (Å²) >= 11 is 0. The molecule has 1 aliphatic rings. The lowest BCUT2D eigenvalue weighted by atomic mass is 9.83. The summed E-state index contributed by atoms with van der Waals surface area (Å²) < 4.78 is 0. The van der Waals surface area contributed by atoms with Crippen molar-refractivity contribution in [3.05, 3.63) is 18.1 Å². The standard InChI is InChI=1S/C13H20N4O/c1-2-15-12-9-14-8-11(17-12)13(18)16-7-6-10-4-3-5-10/h8-10H,2-7H2,1H3,(H,15,17)(H,16,18). The summed E-state index contributed by atoms with van der Waals surface area (Å²) in [5, 5.41) is 5.94. The Kier molecular flexibility index (Phi) is 4.50. The first-order valence-corrected chi connectivity index (χ1v) is 6.63. The summed E-state index contributed by atoms with van der Waals surface area (Å²) in [5.41, 5.74) is 0.377. The largest absolute Gasteiger partial charge is 0.369 e. The molecule has 2 rings (SSSR count). The fourth-order valence-corrected chi connectivity index (χ4v) is 2.00. The number of rotatable bonds is 6. The molecule has 1 amide bonds. The first kappa shape index (κ1) is 12.8. The van der Waals surface area contributed by atoms with Crippen molar-refractivity contribution in [3.8, 4) is 0 Å². The molecule has 1 aromatic rings. The molecule has 0 spiro atoms. The highest BCUT2D eigenvalue weighted by Gasteiger charge is 2.17. The van der Waals surface area contributed by atoms with E-state index in [2.05, 4.69) is 20.6 Å². The number of nitrogens with one attached hydrogen (secondary N) is 2. The third-order valence-electron chi connectivity index (χ3n) is 3.29. The molecule has 5 nitrogen and oxygen atoms in total. The van der Waals surface area contributed by atoms with Crippen LogP contribution < -0.4 is 10.6 Å². The quantitative estimate of drug-likeness (QED) is 0.806. The Morgan fingerprint density at radius 1 is 1.44 bits per heavy atom. The van der Waals surface area contributed by atoms with Gasteiger partial charge in [-0.1, -0.05) is 19.3 Å². The van der Waals surface area contributed by atoms with Crippen LogP contribution >= 0.6 is 0 Å². The van der Waals surface area contributed by atoms with Gasteiger partial charge in [0.1, 0.15) is 11.5 Å². The predicted molar refractivity (Wildman–Crippen MR) is 70.5 cm³/mol. The fourth-order valence-electron chi connectivity index (χ4n) is 2.00. The predicted octanol–water partition coefficient (Wildman–Crippen LogP) is 1.83. The van der Waals surface area contributed by atoms with Crippen molar-refractivity contribution >= 4 is 11.7 Å². The van der Waals surface area contributed by atoms with Crippen molar-refractivity contribution in [2.45, 2.75) is 32.6 Å². The Morgan fingerprint density at radius 2 is 2.28 bits per heavy atom. The van der Waals surface area contributed by atoms with E-state index in [0.29, 0.717) is 11.5 Å². The molecule has 98 valence electrons. The first-order valence-electron chi connectivity index (χ1n) is 6.63. The van der Waals surface area contributed by atoms with E-state index in [1.807, 2.05) is 6.92 Å². The van der Waals surface area contributed by atoms with Crippen LogP contribution in [0, 0.1) is 5.92 Å². The monoisotopic (exact) mass is 248 g/mol. The molecule has 0 saturated heterocycles. The molecule has 1 fully saturated rings. The Hall–Kier alpha value is -1.65. The van der Waals surface area contributed by atoms with Crippen LogP contribution in [-0.2, 0) is 0 Å². The second-order valence-electron chi connectivity index (χ2n) is 4.66. The molecule has 2 N–H and O–H groups in total. The van der Waals surface area contributed by atoms with Crippen molar-refractivity contribution in [2.24, 2.45) is 5.92 Å². The maximum atomic E-state index is 11.8. The minimum absolute atomic E-state index is 0.137. The summed E-state index contributed by atoms with van der Waals surface area (Å²) in [4.78, 5) is 20.1. The van der Waals surface area contributed by atoms with Gasteiger partial charge in [-0.3, -0.25) is 9.78 Å². The van der Waals surface area contributed by atoms with Gasteiger partial charge in [0, 0.05) is 13.1 Å².